The van der Waals surface area contributed by atoms with Crippen molar-refractivity contribution in [3.8, 4) is 17.7 Å². The minimum absolute atomic E-state index is 0.0739. The Morgan fingerprint density at radius 3 is 2.19 bits per heavy atom. The van der Waals surface area contributed by atoms with Crippen molar-refractivity contribution in [1.82, 2.24) is 4.98 Å². The normalized spacial score (nSPS) is 11.6. The van der Waals surface area contributed by atoms with Gasteiger partial charge in [-0.25, -0.2) is 13.4 Å². The molecule has 3 rings (SSSR count). The maximum atomic E-state index is 12.5. The van der Waals surface area contributed by atoms with Crippen LogP contribution in [0.1, 0.15) is 5.56 Å². The van der Waals surface area contributed by atoms with Crippen molar-refractivity contribution >= 4 is 15.9 Å². The number of pyridine rings is 1. The summed E-state index contributed by atoms with van der Waals surface area (Å²) < 4.78 is 30.7. The lowest BCUT2D eigenvalue weighted by molar-refractivity contribution is 0.463. The van der Waals surface area contributed by atoms with Crippen LogP contribution in [0, 0.1) is 11.3 Å². The van der Waals surface area contributed by atoms with Crippen LogP contribution in [-0.2, 0) is 9.84 Å². The molecule has 0 fully saturated rings. The molecule has 0 radical (unpaired) electrons. The van der Waals surface area contributed by atoms with Gasteiger partial charge < -0.3 is 4.74 Å². The smallest absolute Gasteiger partial charge is 0.219 e. The van der Waals surface area contributed by atoms with E-state index < -0.39 is 9.84 Å². The number of hydrogen-bond donors (Lipinski definition) is 0. The summed E-state index contributed by atoms with van der Waals surface area (Å²) in [7, 11) is -3.87. The van der Waals surface area contributed by atoms with Gasteiger partial charge in [0.05, 0.1) is 4.90 Å². The lowest BCUT2D eigenvalue weighted by Crippen LogP contribution is -2.03. The zero-order valence-electron chi connectivity index (χ0n) is 13.6. The molecule has 0 bridgehead atoms. The van der Waals surface area contributed by atoms with Crippen molar-refractivity contribution in [1.29, 1.82) is 5.26 Å². The van der Waals surface area contributed by atoms with Crippen molar-refractivity contribution in [3.05, 3.63) is 89.5 Å². The summed E-state index contributed by atoms with van der Waals surface area (Å²) in [4.78, 5) is 3.87. The van der Waals surface area contributed by atoms with Gasteiger partial charge in [-0.2, -0.15) is 5.26 Å². The summed E-state index contributed by atoms with van der Waals surface area (Å²) in [5.41, 5.74) is 0.487. The van der Waals surface area contributed by atoms with Crippen LogP contribution in [0.3, 0.4) is 0 Å². The van der Waals surface area contributed by atoms with Crippen LogP contribution in [0.25, 0.3) is 6.08 Å². The van der Waals surface area contributed by atoms with Gasteiger partial charge in [-0.15, -0.1) is 0 Å². The molecule has 3 aromatic rings. The van der Waals surface area contributed by atoms with E-state index in [1.807, 2.05) is 18.2 Å². The van der Waals surface area contributed by atoms with Gasteiger partial charge in [0.15, 0.2) is 0 Å². The molecule has 0 amide bonds. The Hall–Kier alpha value is -3.43. The first-order chi connectivity index (χ1) is 12.6. The first kappa shape index (κ1) is 17.4. The number of rotatable bonds is 5. The van der Waals surface area contributed by atoms with Crippen molar-refractivity contribution in [2.45, 2.75) is 4.90 Å². The highest BCUT2D eigenvalue weighted by Crippen LogP contribution is 2.22. The second-order valence-corrected chi connectivity index (χ2v) is 7.20. The molecule has 0 aliphatic heterocycles. The van der Waals surface area contributed by atoms with Crippen molar-refractivity contribution in [2.24, 2.45) is 0 Å². The van der Waals surface area contributed by atoms with Gasteiger partial charge in [0.25, 0.3) is 0 Å². The van der Waals surface area contributed by atoms with E-state index >= 15 is 0 Å². The summed E-state index contributed by atoms with van der Waals surface area (Å²) in [5, 5.41) is 9.29. The molecule has 26 heavy (non-hydrogen) atoms. The van der Waals surface area contributed by atoms with E-state index in [4.69, 9.17) is 4.74 Å². The third kappa shape index (κ3) is 3.97. The van der Waals surface area contributed by atoms with Gasteiger partial charge >= 0.3 is 0 Å². The number of nitriles is 1. The molecule has 0 unspecified atom stereocenters. The number of ether oxygens (including phenoxy) is 1. The molecular formula is C20H14N2O3S. The third-order valence-electron chi connectivity index (χ3n) is 3.48. The fraction of sp³-hybridized carbons (Fsp3) is 0. The minimum Gasteiger partial charge on any atom is -0.439 e. The topological polar surface area (TPSA) is 80.0 Å². The van der Waals surface area contributed by atoms with Gasteiger partial charge in [0.2, 0.25) is 15.7 Å². The monoisotopic (exact) mass is 362 g/mol. The summed E-state index contributed by atoms with van der Waals surface area (Å²) in [5.74, 6) is 1.02. The van der Waals surface area contributed by atoms with Crippen molar-refractivity contribution < 1.29 is 13.2 Å². The zero-order chi connectivity index (χ0) is 18.4. The fourth-order valence-corrected chi connectivity index (χ4v) is 3.38. The number of sulfone groups is 1. The predicted molar refractivity (Wildman–Crippen MR) is 98.0 cm³/mol. The highest BCUT2D eigenvalue weighted by atomic mass is 32.2. The second kappa shape index (κ2) is 7.64. The van der Waals surface area contributed by atoms with Crippen molar-refractivity contribution in [2.75, 3.05) is 0 Å². The number of aromatic nitrogens is 1. The van der Waals surface area contributed by atoms with E-state index in [1.54, 1.807) is 48.5 Å². The summed E-state index contributed by atoms with van der Waals surface area (Å²) >= 11 is 0. The molecule has 0 saturated carbocycles. The minimum atomic E-state index is -3.87. The molecule has 2 aromatic carbocycles. The van der Waals surface area contributed by atoms with Gasteiger partial charge in [0, 0.05) is 12.3 Å². The Bertz CT molecular complexity index is 1050. The largest absolute Gasteiger partial charge is 0.439 e. The number of nitrogens with zero attached hydrogens (tertiary/aromatic N) is 2. The molecule has 5 nitrogen and oxygen atoms in total. The van der Waals surface area contributed by atoms with E-state index in [0.29, 0.717) is 17.2 Å². The van der Waals surface area contributed by atoms with Crippen molar-refractivity contribution in [3.63, 3.8) is 0 Å². The van der Waals surface area contributed by atoms with E-state index in [-0.39, 0.29) is 9.80 Å². The van der Waals surface area contributed by atoms with Crippen LogP contribution in [0.4, 0.5) is 0 Å². The van der Waals surface area contributed by atoms with Crippen LogP contribution < -0.4 is 4.74 Å². The number of allylic oxidation sites excluding steroid dienone is 1. The second-order valence-electron chi connectivity index (χ2n) is 5.28. The van der Waals surface area contributed by atoms with E-state index in [1.165, 1.54) is 24.4 Å². The lowest BCUT2D eigenvalue weighted by Gasteiger charge is -2.05. The summed E-state index contributed by atoms with van der Waals surface area (Å²) in [6, 6.07) is 22.0. The lowest BCUT2D eigenvalue weighted by atomic mass is 10.2. The molecule has 1 heterocycles. The number of benzene rings is 2. The predicted octanol–water partition coefficient (Wildman–Crippen LogP) is 4.21. The molecule has 0 N–H and O–H groups in total. The van der Waals surface area contributed by atoms with Gasteiger partial charge in [-0.05, 0) is 42.0 Å². The zero-order valence-corrected chi connectivity index (χ0v) is 14.4. The molecule has 0 atom stereocenters. The summed E-state index contributed by atoms with van der Waals surface area (Å²) in [6.07, 6.45) is 2.75. The number of hydrogen-bond acceptors (Lipinski definition) is 5. The van der Waals surface area contributed by atoms with E-state index in [9.17, 15) is 13.7 Å². The van der Waals surface area contributed by atoms with Crippen LogP contribution in [0.5, 0.6) is 11.6 Å². The Labute approximate surface area is 151 Å². The fourth-order valence-electron chi connectivity index (χ4n) is 2.19. The van der Waals surface area contributed by atoms with Gasteiger partial charge in [0.1, 0.15) is 16.7 Å². The SMILES string of the molecule is N#C/C(=C/c1ccc(Oc2ccccc2)nc1)S(=O)(=O)c1ccccc1. The quantitative estimate of drug-likeness (QED) is 0.635. The van der Waals surface area contributed by atoms with Crippen LogP contribution >= 0.6 is 0 Å². The highest BCUT2D eigenvalue weighted by Gasteiger charge is 2.20. The Morgan fingerprint density at radius 1 is 0.962 bits per heavy atom. The molecule has 128 valence electrons. The van der Waals surface area contributed by atoms with Crippen LogP contribution in [0.2, 0.25) is 0 Å². The third-order valence-corrected chi connectivity index (χ3v) is 5.16. The average Bonchev–Trinajstić information content (AvgIpc) is 2.68. The summed E-state index contributed by atoms with van der Waals surface area (Å²) in [6.45, 7) is 0. The van der Waals surface area contributed by atoms with Crippen LogP contribution in [-0.4, -0.2) is 13.4 Å². The molecule has 1 aromatic heterocycles. The first-order valence-electron chi connectivity index (χ1n) is 7.70. The van der Waals surface area contributed by atoms with E-state index in [2.05, 4.69) is 4.98 Å². The molecule has 0 saturated heterocycles. The molecule has 0 aliphatic rings. The standard InChI is InChI=1S/C20H14N2O3S/c21-14-19(26(23,24)18-9-5-2-6-10-18)13-16-11-12-20(22-15-16)25-17-7-3-1-4-8-17/h1-13,15H/b19-13-. The van der Waals surface area contributed by atoms with Gasteiger partial charge in [-0.1, -0.05) is 36.4 Å². The molecule has 0 spiro atoms. The molecular weight excluding hydrogens is 348 g/mol. The number of para-hydroxylation sites is 1. The van der Waals surface area contributed by atoms with Crippen LogP contribution in [0.15, 0.2) is 88.8 Å². The Balaban J connectivity index is 1.85. The average molecular weight is 362 g/mol. The maximum Gasteiger partial charge on any atom is 0.219 e. The molecule has 0 aliphatic carbocycles. The first-order valence-corrected chi connectivity index (χ1v) is 9.19. The Kier molecular flexibility index (Phi) is 5.11. The Morgan fingerprint density at radius 2 is 1.62 bits per heavy atom. The van der Waals surface area contributed by atoms with Gasteiger partial charge in [-0.3, -0.25) is 0 Å². The molecule has 6 heteroatoms. The highest BCUT2D eigenvalue weighted by molar-refractivity contribution is 7.95. The maximum absolute atomic E-state index is 12.5. The van der Waals surface area contributed by atoms with E-state index in [0.717, 1.165) is 0 Å².